The minimum Gasteiger partial charge on any atom is -0.497 e. The molecule has 2 rings (SSSR count). The summed E-state index contributed by atoms with van der Waals surface area (Å²) in [6, 6.07) is 5.35. The van der Waals surface area contributed by atoms with Crippen LogP contribution < -0.4 is 20.5 Å². The van der Waals surface area contributed by atoms with E-state index in [2.05, 4.69) is 15.4 Å². The highest BCUT2D eigenvalue weighted by Gasteiger charge is 2.07. The second-order valence-corrected chi connectivity index (χ2v) is 4.90. The summed E-state index contributed by atoms with van der Waals surface area (Å²) in [4.78, 5) is 4.22. The minimum absolute atomic E-state index is 0.230. The molecule has 7 nitrogen and oxygen atoms in total. The third kappa shape index (κ3) is 3.82. The van der Waals surface area contributed by atoms with Gasteiger partial charge in [0.05, 0.1) is 31.5 Å². The average molecular weight is 324 g/mol. The molecular weight excluding hydrogens is 306 g/mol. The Morgan fingerprint density at radius 2 is 2.18 bits per heavy atom. The van der Waals surface area contributed by atoms with Crippen molar-refractivity contribution >= 4 is 23.2 Å². The normalized spacial score (nSPS) is 11.4. The molecule has 1 heterocycles. The fourth-order valence-electron chi connectivity index (χ4n) is 1.86. The van der Waals surface area contributed by atoms with Crippen molar-refractivity contribution in [2.24, 2.45) is 17.8 Å². The lowest BCUT2D eigenvalue weighted by molar-refractivity contribution is 0.405. The van der Waals surface area contributed by atoms with E-state index < -0.39 is 0 Å². The first-order chi connectivity index (χ1) is 10.5. The molecule has 0 spiro atoms. The highest BCUT2D eigenvalue weighted by Crippen LogP contribution is 2.28. The molecule has 0 aliphatic carbocycles. The number of nitrogens with one attached hydrogen (secondary N) is 1. The first-order valence-corrected chi connectivity index (χ1v) is 6.88. The summed E-state index contributed by atoms with van der Waals surface area (Å²) in [7, 11) is 4.96. The lowest BCUT2D eigenvalue weighted by Gasteiger charge is -2.12. The fourth-order valence-corrected chi connectivity index (χ4v) is 2.10. The Balaban J connectivity index is 2.12. The van der Waals surface area contributed by atoms with Gasteiger partial charge in [-0.2, -0.15) is 5.10 Å². The van der Waals surface area contributed by atoms with Gasteiger partial charge in [0.2, 0.25) is 0 Å². The van der Waals surface area contributed by atoms with E-state index in [0.717, 1.165) is 0 Å². The Morgan fingerprint density at radius 1 is 1.41 bits per heavy atom. The molecule has 0 unspecified atom stereocenters. The van der Waals surface area contributed by atoms with E-state index in [1.807, 2.05) is 0 Å². The molecule has 1 aromatic carbocycles. The fraction of sp³-hybridized carbons (Fsp3) is 0.286. The molecule has 1 aromatic heterocycles. The minimum atomic E-state index is 0.230. The van der Waals surface area contributed by atoms with Crippen LogP contribution in [0.1, 0.15) is 5.69 Å². The number of hydrogen-bond acceptors (Lipinski definition) is 4. The second-order valence-electron chi connectivity index (χ2n) is 4.49. The lowest BCUT2D eigenvalue weighted by atomic mass is 10.2. The van der Waals surface area contributed by atoms with Gasteiger partial charge in [-0.15, -0.1) is 0 Å². The molecule has 0 saturated carbocycles. The van der Waals surface area contributed by atoms with Crippen LogP contribution in [0, 0.1) is 0 Å². The van der Waals surface area contributed by atoms with Crippen molar-refractivity contribution < 1.29 is 9.47 Å². The number of aromatic nitrogens is 2. The summed E-state index contributed by atoms with van der Waals surface area (Å²) < 4.78 is 12.1. The van der Waals surface area contributed by atoms with Gasteiger partial charge in [-0.1, -0.05) is 11.6 Å². The Kier molecular flexibility index (Phi) is 5.11. The predicted octanol–water partition coefficient (Wildman–Crippen LogP) is 2.02. The van der Waals surface area contributed by atoms with Crippen LogP contribution in [-0.2, 0) is 13.6 Å². The van der Waals surface area contributed by atoms with Crippen molar-refractivity contribution in [2.45, 2.75) is 6.54 Å². The third-order valence-corrected chi connectivity index (χ3v) is 3.24. The monoisotopic (exact) mass is 323 g/mol. The summed E-state index contributed by atoms with van der Waals surface area (Å²) in [5, 5.41) is 7.73. The Bertz CT molecular complexity index is 684. The van der Waals surface area contributed by atoms with Crippen molar-refractivity contribution in [1.82, 2.24) is 9.78 Å². The summed E-state index contributed by atoms with van der Waals surface area (Å²) in [6.07, 6.45) is 1.71. The summed E-state index contributed by atoms with van der Waals surface area (Å²) in [5.74, 6) is 1.55. The molecule has 0 fully saturated rings. The number of aliphatic imine (C=N–C) groups is 1. The van der Waals surface area contributed by atoms with E-state index in [-0.39, 0.29) is 12.5 Å². The SMILES string of the molecule is COc1ccc(OC)c(NC(N)=NCc2nn(C)cc2Cl)c1. The predicted molar refractivity (Wildman–Crippen MR) is 86.7 cm³/mol. The zero-order valence-electron chi connectivity index (χ0n) is 12.6. The molecule has 0 bridgehead atoms. The zero-order valence-corrected chi connectivity index (χ0v) is 13.4. The molecule has 3 N–H and O–H groups in total. The number of halogens is 1. The maximum Gasteiger partial charge on any atom is 0.193 e. The molecule has 2 aromatic rings. The third-order valence-electron chi connectivity index (χ3n) is 2.92. The zero-order chi connectivity index (χ0) is 16.1. The number of nitrogens with zero attached hydrogens (tertiary/aromatic N) is 3. The van der Waals surface area contributed by atoms with Gasteiger partial charge in [0.15, 0.2) is 5.96 Å². The van der Waals surface area contributed by atoms with Gasteiger partial charge in [0, 0.05) is 19.3 Å². The molecule has 0 aliphatic heterocycles. The van der Waals surface area contributed by atoms with Crippen molar-refractivity contribution in [2.75, 3.05) is 19.5 Å². The molecule has 0 atom stereocenters. The van der Waals surface area contributed by atoms with Crippen LogP contribution in [0.2, 0.25) is 5.02 Å². The van der Waals surface area contributed by atoms with Crippen molar-refractivity contribution in [1.29, 1.82) is 0 Å². The number of hydrogen-bond donors (Lipinski definition) is 2. The summed E-state index contributed by atoms with van der Waals surface area (Å²) in [5.41, 5.74) is 7.21. The quantitative estimate of drug-likeness (QED) is 0.649. The van der Waals surface area contributed by atoms with Crippen LogP contribution in [-0.4, -0.2) is 30.0 Å². The van der Waals surface area contributed by atoms with Gasteiger partial charge in [-0.05, 0) is 12.1 Å². The average Bonchev–Trinajstić information content (AvgIpc) is 2.83. The molecule has 118 valence electrons. The summed E-state index contributed by atoms with van der Waals surface area (Å²) in [6.45, 7) is 0.283. The Hall–Kier alpha value is -2.41. The lowest BCUT2D eigenvalue weighted by Crippen LogP contribution is -2.23. The van der Waals surface area contributed by atoms with Crippen molar-refractivity contribution in [3.05, 3.63) is 35.1 Å². The Morgan fingerprint density at radius 3 is 2.77 bits per heavy atom. The van der Waals surface area contributed by atoms with Crippen molar-refractivity contribution in [3.8, 4) is 11.5 Å². The van der Waals surface area contributed by atoms with E-state index in [1.165, 1.54) is 0 Å². The number of ether oxygens (including phenoxy) is 2. The van der Waals surface area contributed by atoms with Crippen LogP contribution in [0.4, 0.5) is 5.69 Å². The van der Waals surface area contributed by atoms with Crippen LogP contribution in [0.5, 0.6) is 11.5 Å². The van der Waals surface area contributed by atoms with Gasteiger partial charge in [0.25, 0.3) is 0 Å². The molecular formula is C14H18ClN5O2. The molecule has 22 heavy (non-hydrogen) atoms. The number of benzene rings is 1. The maximum atomic E-state index is 6.03. The maximum absolute atomic E-state index is 6.03. The number of guanidine groups is 1. The number of nitrogens with two attached hydrogens (primary N) is 1. The van der Waals surface area contributed by atoms with E-state index in [4.69, 9.17) is 26.8 Å². The first-order valence-electron chi connectivity index (χ1n) is 6.50. The standard InChI is InChI=1S/C14H18ClN5O2/c1-20-8-10(15)12(19-20)7-17-14(16)18-11-6-9(21-2)4-5-13(11)22-3/h4-6,8H,7H2,1-3H3,(H3,16,17,18). The molecule has 0 amide bonds. The Labute approximate surface area is 133 Å². The number of methoxy groups -OCH3 is 2. The molecule has 0 radical (unpaired) electrons. The van der Waals surface area contributed by atoms with E-state index in [9.17, 15) is 0 Å². The number of anilines is 1. The summed E-state index contributed by atoms with van der Waals surface area (Å²) >= 11 is 6.03. The smallest absolute Gasteiger partial charge is 0.193 e. The van der Waals surface area contributed by atoms with E-state index in [0.29, 0.717) is 27.9 Å². The van der Waals surface area contributed by atoms with Gasteiger partial charge in [0.1, 0.15) is 17.2 Å². The van der Waals surface area contributed by atoms with Gasteiger partial charge in [-0.25, -0.2) is 4.99 Å². The van der Waals surface area contributed by atoms with E-state index >= 15 is 0 Å². The molecule has 0 aliphatic rings. The second kappa shape index (κ2) is 7.04. The topological polar surface area (TPSA) is 86.7 Å². The first kappa shape index (κ1) is 16.0. The van der Waals surface area contributed by atoms with E-state index in [1.54, 1.807) is 50.3 Å². The van der Waals surface area contributed by atoms with Crippen LogP contribution >= 0.6 is 11.6 Å². The highest BCUT2D eigenvalue weighted by molar-refractivity contribution is 6.31. The number of aryl methyl sites for hydroxylation is 1. The van der Waals surface area contributed by atoms with Gasteiger partial charge in [-0.3, -0.25) is 4.68 Å². The number of rotatable bonds is 5. The van der Waals surface area contributed by atoms with Gasteiger partial charge >= 0.3 is 0 Å². The molecule has 0 saturated heterocycles. The van der Waals surface area contributed by atoms with Crippen LogP contribution in [0.3, 0.4) is 0 Å². The van der Waals surface area contributed by atoms with Crippen LogP contribution in [0.15, 0.2) is 29.4 Å². The van der Waals surface area contributed by atoms with Crippen molar-refractivity contribution in [3.63, 3.8) is 0 Å². The molecule has 8 heteroatoms. The van der Waals surface area contributed by atoms with Crippen LogP contribution in [0.25, 0.3) is 0 Å². The highest BCUT2D eigenvalue weighted by atomic mass is 35.5. The van der Waals surface area contributed by atoms with Gasteiger partial charge < -0.3 is 20.5 Å². The largest absolute Gasteiger partial charge is 0.497 e.